The number of nitrogens with one attached hydrogen (secondary N) is 1. The number of fused-ring (bicyclic) bond motifs is 1. The van der Waals surface area contributed by atoms with E-state index in [0.717, 1.165) is 23.1 Å². The van der Waals surface area contributed by atoms with Crippen molar-refractivity contribution in [2.24, 2.45) is 0 Å². The number of nitrogen functional groups attached to an aromatic ring is 1. The number of nitrogens with zero attached hydrogens (tertiary/aromatic N) is 2. The molecule has 1 heterocycles. The van der Waals surface area contributed by atoms with E-state index >= 15 is 0 Å². The van der Waals surface area contributed by atoms with Gasteiger partial charge in [-0.3, -0.25) is 0 Å². The van der Waals surface area contributed by atoms with Crippen molar-refractivity contribution in [3.63, 3.8) is 0 Å². The Kier molecular flexibility index (Phi) is 4.28. The van der Waals surface area contributed by atoms with Gasteiger partial charge in [0, 0.05) is 17.0 Å². The number of aromatic nitrogens is 2. The maximum absolute atomic E-state index is 13.3. The smallest absolute Gasteiger partial charge is 0.198 e. The minimum atomic E-state index is -3.50. The zero-order chi connectivity index (χ0) is 20.3. The van der Waals surface area contributed by atoms with Gasteiger partial charge in [-0.15, -0.1) is 0 Å². The summed E-state index contributed by atoms with van der Waals surface area (Å²) < 4.78 is 26.6. The number of H-pyrrole nitrogens is 1. The number of hydrogen-bond donors (Lipinski definition) is 2. The van der Waals surface area contributed by atoms with Gasteiger partial charge in [0.2, 0.25) is 0 Å². The summed E-state index contributed by atoms with van der Waals surface area (Å²) in [6.07, 6.45) is 0.830. The largest absolute Gasteiger partial charge is 0.369 e. The van der Waals surface area contributed by atoms with Crippen LogP contribution in [0.4, 0.5) is 5.95 Å². The van der Waals surface area contributed by atoms with Crippen molar-refractivity contribution in [3.05, 3.63) is 53.6 Å². The molecular formula is C21H26N4O2S. The van der Waals surface area contributed by atoms with E-state index in [1.165, 1.54) is 0 Å². The number of hydrogen-bond acceptors (Lipinski definition) is 5. The van der Waals surface area contributed by atoms with Crippen LogP contribution in [0.3, 0.4) is 0 Å². The van der Waals surface area contributed by atoms with E-state index in [1.54, 1.807) is 26.0 Å². The second-order valence-corrected chi connectivity index (χ2v) is 10.5. The quantitative estimate of drug-likeness (QED) is 0.689. The number of benzene rings is 2. The first-order valence-electron chi connectivity index (χ1n) is 9.44. The molecule has 0 radical (unpaired) electrons. The molecule has 7 heteroatoms. The lowest BCUT2D eigenvalue weighted by Crippen LogP contribution is -2.28. The zero-order valence-electron chi connectivity index (χ0n) is 16.6. The summed E-state index contributed by atoms with van der Waals surface area (Å²) in [5, 5.41) is -0.524. The summed E-state index contributed by atoms with van der Waals surface area (Å²) >= 11 is 0. The zero-order valence-corrected chi connectivity index (χ0v) is 17.4. The van der Waals surface area contributed by atoms with Crippen molar-refractivity contribution in [1.82, 2.24) is 14.9 Å². The number of likely N-dealkylation sites (N-methyl/N-ethyl adjacent to an activating group) is 1. The lowest BCUT2D eigenvalue weighted by atomic mass is 9.86. The molecule has 0 bridgehead atoms. The summed E-state index contributed by atoms with van der Waals surface area (Å²) in [5.74, 6) is 0.292. The van der Waals surface area contributed by atoms with Crippen molar-refractivity contribution < 1.29 is 8.42 Å². The molecule has 2 atom stereocenters. The number of anilines is 1. The first-order valence-corrected chi connectivity index (χ1v) is 11.0. The number of rotatable bonds is 5. The lowest BCUT2D eigenvalue weighted by Gasteiger charge is -2.25. The Hall–Kier alpha value is -2.38. The second-order valence-electron chi connectivity index (χ2n) is 8.07. The van der Waals surface area contributed by atoms with Crippen LogP contribution < -0.4 is 5.73 Å². The van der Waals surface area contributed by atoms with Crippen molar-refractivity contribution >= 4 is 26.8 Å². The van der Waals surface area contributed by atoms with E-state index in [9.17, 15) is 8.42 Å². The van der Waals surface area contributed by atoms with Gasteiger partial charge in [-0.05, 0) is 52.1 Å². The Bertz CT molecular complexity index is 1140. The van der Waals surface area contributed by atoms with Crippen LogP contribution >= 0.6 is 0 Å². The fourth-order valence-corrected chi connectivity index (χ4v) is 5.66. The molecule has 148 valence electrons. The molecule has 1 aromatic heterocycles. The Morgan fingerprint density at radius 2 is 1.86 bits per heavy atom. The molecule has 6 nitrogen and oxygen atoms in total. The van der Waals surface area contributed by atoms with E-state index in [1.807, 2.05) is 32.3 Å². The second kappa shape index (κ2) is 6.32. The highest BCUT2D eigenvalue weighted by Crippen LogP contribution is 2.58. The minimum Gasteiger partial charge on any atom is -0.369 e. The summed E-state index contributed by atoms with van der Waals surface area (Å²) in [6, 6.07) is 13.8. The fourth-order valence-electron chi connectivity index (χ4n) is 4.33. The first-order chi connectivity index (χ1) is 13.2. The van der Waals surface area contributed by atoms with E-state index in [2.05, 4.69) is 27.0 Å². The van der Waals surface area contributed by atoms with E-state index in [4.69, 9.17) is 5.73 Å². The van der Waals surface area contributed by atoms with Gasteiger partial charge in [0.1, 0.15) is 0 Å². The highest BCUT2D eigenvalue weighted by Gasteiger charge is 2.60. The van der Waals surface area contributed by atoms with Crippen LogP contribution in [0.1, 0.15) is 31.4 Å². The Morgan fingerprint density at radius 3 is 2.43 bits per heavy atom. The standard InChI is InChI=1S/C21H26N4O2S/c1-13(2)28(26,27)16-11-10-15-19(24-20(22)23-15)18(16)21(12-17(21)25(3)4)14-8-6-5-7-9-14/h5-11,13,17H,12H2,1-4H3,(H3,22,23,24). The van der Waals surface area contributed by atoms with Gasteiger partial charge in [-0.2, -0.15) is 0 Å². The number of nitrogens with two attached hydrogens (primary N) is 1. The van der Waals surface area contributed by atoms with Crippen LogP contribution in [-0.4, -0.2) is 48.7 Å². The van der Waals surface area contributed by atoms with Crippen LogP contribution in [0, 0.1) is 0 Å². The van der Waals surface area contributed by atoms with Crippen LogP contribution in [0.15, 0.2) is 47.4 Å². The molecular weight excluding hydrogens is 372 g/mol. The third-order valence-electron chi connectivity index (χ3n) is 5.84. The van der Waals surface area contributed by atoms with Crippen molar-refractivity contribution in [2.45, 2.75) is 41.9 Å². The molecule has 0 amide bonds. The number of imidazole rings is 1. The molecule has 1 aliphatic carbocycles. The number of sulfone groups is 1. The summed E-state index contributed by atoms with van der Waals surface area (Å²) in [5.41, 5.74) is 8.77. The third kappa shape index (κ3) is 2.64. The minimum absolute atomic E-state index is 0.180. The van der Waals surface area contributed by atoms with E-state index in [-0.39, 0.29) is 6.04 Å². The fraction of sp³-hybridized carbons (Fsp3) is 0.381. The van der Waals surface area contributed by atoms with Gasteiger partial charge in [0.25, 0.3) is 0 Å². The molecule has 4 rings (SSSR count). The van der Waals surface area contributed by atoms with E-state index in [0.29, 0.717) is 16.4 Å². The van der Waals surface area contributed by atoms with Gasteiger partial charge in [0.15, 0.2) is 15.8 Å². The van der Waals surface area contributed by atoms with Crippen LogP contribution in [0.5, 0.6) is 0 Å². The molecule has 3 aromatic rings. The van der Waals surface area contributed by atoms with Gasteiger partial charge in [-0.1, -0.05) is 30.3 Å². The van der Waals surface area contributed by atoms with Gasteiger partial charge < -0.3 is 15.6 Å². The molecule has 0 saturated heterocycles. The van der Waals surface area contributed by atoms with Gasteiger partial charge >= 0.3 is 0 Å². The normalized spacial score (nSPS) is 22.3. The molecule has 3 N–H and O–H groups in total. The molecule has 1 fully saturated rings. The monoisotopic (exact) mass is 398 g/mol. The highest BCUT2D eigenvalue weighted by molar-refractivity contribution is 7.92. The average molecular weight is 399 g/mol. The summed E-state index contributed by atoms with van der Waals surface area (Å²) in [7, 11) is 0.562. The van der Waals surface area contributed by atoms with Crippen molar-refractivity contribution in [1.29, 1.82) is 0 Å². The predicted molar refractivity (Wildman–Crippen MR) is 112 cm³/mol. The van der Waals surface area contributed by atoms with Gasteiger partial charge in [0.05, 0.1) is 21.2 Å². The van der Waals surface area contributed by atoms with E-state index < -0.39 is 20.5 Å². The first kappa shape index (κ1) is 19.0. The third-order valence-corrected chi connectivity index (χ3v) is 8.04. The highest BCUT2D eigenvalue weighted by atomic mass is 32.2. The number of aromatic amines is 1. The maximum atomic E-state index is 13.3. The SMILES string of the molecule is CC(C)S(=O)(=O)c1ccc2[nH]c(N)nc2c1C1(c2ccccc2)CC1N(C)C. The van der Waals surface area contributed by atoms with Gasteiger partial charge in [-0.25, -0.2) is 13.4 Å². The predicted octanol–water partition coefficient (Wildman–Crippen LogP) is 2.95. The summed E-state index contributed by atoms with van der Waals surface area (Å²) in [6.45, 7) is 3.43. The summed E-state index contributed by atoms with van der Waals surface area (Å²) in [4.78, 5) is 10.1. The molecule has 0 aliphatic heterocycles. The molecule has 0 spiro atoms. The van der Waals surface area contributed by atoms with Crippen LogP contribution in [0.25, 0.3) is 11.0 Å². The van der Waals surface area contributed by atoms with Crippen LogP contribution in [-0.2, 0) is 15.3 Å². The molecule has 2 unspecified atom stereocenters. The maximum Gasteiger partial charge on any atom is 0.198 e. The molecule has 2 aromatic carbocycles. The van der Waals surface area contributed by atoms with Crippen LogP contribution in [0.2, 0.25) is 0 Å². The molecule has 1 aliphatic rings. The Balaban J connectivity index is 2.11. The average Bonchev–Trinajstić information content (AvgIpc) is 3.29. The van der Waals surface area contributed by atoms with Crippen molar-refractivity contribution in [2.75, 3.05) is 19.8 Å². The molecule has 1 saturated carbocycles. The topological polar surface area (TPSA) is 92.1 Å². The Labute approximate surface area is 165 Å². The van der Waals surface area contributed by atoms with Crippen molar-refractivity contribution in [3.8, 4) is 0 Å². The molecule has 28 heavy (non-hydrogen) atoms. The Morgan fingerprint density at radius 1 is 1.18 bits per heavy atom. The lowest BCUT2D eigenvalue weighted by molar-refractivity contribution is 0.374.